The van der Waals surface area contributed by atoms with E-state index in [4.69, 9.17) is 10.5 Å². The molecule has 1 aromatic carbocycles. The van der Waals surface area contributed by atoms with Crippen LogP contribution in [0.2, 0.25) is 0 Å². The molecule has 98 valence electrons. The fourth-order valence-corrected chi connectivity index (χ4v) is 2.90. The summed E-state index contributed by atoms with van der Waals surface area (Å²) in [6.45, 7) is 0. The Balaban J connectivity index is 2.24. The van der Waals surface area contributed by atoms with Crippen LogP contribution >= 0.6 is 11.3 Å². The number of thiophene rings is 1. The average Bonchev–Trinajstić information content (AvgIpc) is 3.02. The molecule has 2 aromatic rings. The average molecular weight is 280 g/mol. The summed E-state index contributed by atoms with van der Waals surface area (Å²) < 4.78 is 0. The van der Waals surface area contributed by atoms with Crippen molar-refractivity contribution >= 4 is 17.1 Å². The molecule has 20 heavy (non-hydrogen) atoms. The molecule has 1 heterocycles. The van der Waals surface area contributed by atoms with Crippen LogP contribution in [0.3, 0.4) is 0 Å². The lowest BCUT2D eigenvalue weighted by Crippen LogP contribution is -2.14. The van der Waals surface area contributed by atoms with Crippen molar-refractivity contribution in [1.82, 2.24) is 0 Å². The summed E-state index contributed by atoms with van der Waals surface area (Å²) in [4.78, 5) is 13.2. The van der Waals surface area contributed by atoms with Crippen molar-refractivity contribution in [2.45, 2.75) is 12.3 Å². The summed E-state index contributed by atoms with van der Waals surface area (Å²) in [5.74, 6) is -1.21. The predicted octanol–water partition coefficient (Wildman–Crippen LogP) is 3.77. The number of nitrogens with zero attached hydrogens (tertiary/aromatic N) is 2. The zero-order chi connectivity index (χ0) is 14.4. The van der Waals surface area contributed by atoms with Gasteiger partial charge in [-0.2, -0.15) is 10.5 Å². The van der Waals surface area contributed by atoms with Gasteiger partial charge in [-0.3, -0.25) is 4.79 Å². The fourth-order valence-electron chi connectivity index (χ4n) is 2.04. The Hall–Kier alpha value is -2.43. The molecule has 1 aromatic heterocycles. The molecule has 0 unspecified atom stereocenters. The first kappa shape index (κ1) is 14.0. The zero-order valence-corrected chi connectivity index (χ0v) is 11.5. The second-order valence-electron chi connectivity index (χ2n) is 4.35. The first-order valence-electron chi connectivity index (χ1n) is 6.17. The third-order valence-corrected chi connectivity index (χ3v) is 4.09. The number of benzene rings is 1. The molecule has 0 radical (unpaired) electrons. The van der Waals surface area contributed by atoms with Gasteiger partial charge in [-0.05, 0) is 11.4 Å². The summed E-state index contributed by atoms with van der Waals surface area (Å²) in [6, 6.07) is 16.7. The molecule has 0 bridgehead atoms. The Labute approximate surface area is 121 Å². The van der Waals surface area contributed by atoms with E-state index in [0.717, 1.165) is 4.88 Å². The molecule has 0 aliphatic rings. The molecular formula is C16H12N2OS. The molecule has 3 nitrogen and oxygen atoms in total. The lowest BCUT2D eigenvalue weighted by molar-refractivity contribution is 0.0971. The standard InChI is InChI=1S/C16H12N2OS/c17-10-13(11-18)14(16-7-4-8-20-16)9-15(19)12-5-2-1-3-6-12/h1-8,13-14H,9H2/t14-/m0/s1. The van der Waals surface area contributed by atoms with Crippen LogP contribution in [0.15, 0.2) is 47.8 Å². The molecule has 2 rings (SSSR count). The monoisotopic (exact) mass is 280 g/mol. The number of rotatable bonds is 5. The number of nitriles is 2. The number of carbonyl (C=O) groups is 1. The smallest absolute Gasteiger partial charge is 0.163 e. The molecule has 0 N–H and O–H groups in total. The SMILES string of the molecule is N#CC(C#N)[C@H](CC(=O)c1ccccc1)c1cccs1. The van der Waals surface area contributed by atoms with E-state index in [1.165, 1.54) is 11.3 Å². The molecule has 4 heteroatoms. The van der Waals surface area contributed by atoms with Gasteiger partial charge in [-0.1, -0.05) is 36.4 Å². The van der Waals surface area contributed by atoms with E-state index in [-0.39, 0.29) is 18.1 Å². The molecule has 0 saturated carbocycles. The maximum atomic E-state index is 12.3. The molecule has 0 amide bonds. The molecule has 0 aliphatic carbocycles. The Morgan fingerprint density at radius 2 is 1.80 bits per heavy atom. The van der Waals surface area contributed by atoms with Gasteiger partial charge in [0, 0.05) is 22.8 Å². The summed E-state index contributed by atoms with van der Waals surface area (Å²) in [7, 11) is 0. The van der Waals surface area contributed by atoms with Crippen LogP contribution in [0.1, 0.15) is 27.6 Å². The van der Waals surface area contributed by atoms with E-state index in [2.05, 4.69) is 0 Å². The van der Waals surface area contributed by atoms with Gasteiger partial charge in [-0.15, -0.1) is 11.3 Å². The first-order valence-corrected chi connectivity index (χ1v) is 7.05. The number of ketones is 1. The molecular weight excluding hydrogens is 268 g/mol. The molecule has 0 spiro atoms. The number of hydrogen-bond donors (Lipinski definition) is 0. The van der Waals surface area contributed by atoms with Crippen molar-refractivity contribution in [3.05, 3.63) is 58.3 Å². The van der Waals surface area contributed by atoms with E-state index >= 15 is 0 Å². The minimum absolute atomic E-state index is 0.0421. The van der Waals surface area contributed by atoms with Gasteiger partial charge in [-0.25, -0.2) is 0 Å². The second kappa shape index (κ2) is 6.65. The minimum Gasteiger partial charge on any atom is -0.294 e. The molecule has 0 aliphatic heterocycles. The van der Waals surface area contributed by atoms with Crippen LogP contribution in [0.4, 0.5) is 0 Å². The highest BCUT2D eigenvalue weighted by atomic mass is 32.1. The summed E-state index contributed by atoms with van der Waals surface area (Å²) in [5.41, 5.74) is 0.615. The number of hydrogen-bond acceptors (Lipinski definition) is 4. The molecule has 1 atom stereocenters. The summed E-state index contributed by atoms with van der Waals surface area (Å²) in [5, 5.41) is 20.1. The predicted molar refractivity (Wildman–Crippen MR) is 77.2 cm³/mol. The van der Waals surface area contributed by atoms with E-state index in [9.17, 15) is 4.79 Å². The van der Waals surface area contributed by atoms with Crippen molar-refractivity contribution in [3.63, 3.8) is 0 Å². The Morgan fingerprint density at radius 3 is 2.35 bits per heavy atom. The second-order valence-corrected chi connectivity index (χ2v) is 5.33. The first-order chi connectivity index (χ1) is 9.76. The fraction of sp³-hybridized carbons (Fsp3) is 0.188. The van der Waals surface area contributed by atoms with E-state index < -0.39 is 5.92 Å². The lowest BCUT2D eigenvalue weighted by Gasteiger charge is -2.15. The van der Waals surface area contributed by atoms with Crippen LogP contribution in [0.25, 0.3) is 0 Å². The zero-order valence-electron chi connectivity index (χ0n) is 10.7. The van der Waals surface area contributed by atoms with Gasteiger partial charge in [0.2, 0.25) is 0 Å². The van der Waals surface area contributed by atoms with Gasteiger partial charge in [0.25, 0.3) is 0 Å². The topological polar surface area (TPSA) is 64.7 Å². The largest absolute Gasteiger partial charge is 0.294 e. The third-order valence-electron chi connectivity index (χ3n) is 3.09. The number of Topliss-reactive ketones (excluding diaryl/α,β-unsaturated/α-hetero) is 1. The van der Waals surface area contributed by atoms with Crippen molar-refractivity contribution < 1.29 is 4.79 Å². The maximum Gasteiger partial charge on any atom is 0.163 e. The minimum atomic E-state index is -0.804. The quantitative estimate of drug-likeness (QED) is 0.783. The van der Waals surface area contributed by atoms with Crippen molar-refractivity contribution in [1.29, 1.82) is 10.5 Å². The molecule has 0 saturated heterocycles. The van der Waals surface area contributed by atoms with Gasteiger partial charge >= 0.3 is 0 Å². The van der Waals surface area contributed by atoms with Gasteiger partial charge in [0.15, 0.2) is 5.78 Å². The van der Waals surface area contributed by atoms with Crippen molar-refractivity contribution in [2.75, 3.05) is 0 Å². The van der Waals surface area contributed by atoms with Gasteiger partial charge < -0.3 is 0 Å². The van der Waals surface area contributed by atoms with Crippen molar-refractivity contribution in [2.24, 2.45) is 5.92 Å². The highest BCUT2D eigenvalue weighted by molar-refractivity contribution is 7.10. The third kappa shape index (κ3) is 3.12. The van der Waals surface area contributed by atoms with Crippen LogP contribution in [-0.2, 0) is 0 Å². The maximum absolute atomic E-state index is 12.3. The van der Waals surface area contributed by atoms with E-state index in [1.807, 2.05) is 35.7 Å². The van der Waals surface area contributed by atoms with Gasteiger partial charge in [0.05, 0.1) is 12.1 Å². The van der Waals surface area contributed by atoms with Crippen LogP contribution in [-0.4, -0.2) is 5.78 Å². The summed E-state index contributed by atoms with van der Waals surface area (Å²) in [6.07, 6.45) is 0.177. The Morgan fingerprint density at radius 1 is 1.10 bits per heavy atom. The summed E-state index contributed by atoms with van der Waals surface area (Å²) >= 11 is 1.47. The normalized spacial score (nSPS) is 11.6. The van der Waals surface area contributed by atoms with Crippen molar-refractivity contribution in [3.8, 4) is 12.1 Å². The van der Waals surface area contributed by atoms with Crippen LogP contribution in [0, 0.1) is 28.6 Å². The lowest BCUT2D eigenvalue weighted by atomic mass is 9.87. The highest BCUT2D eigenvalue weighted by Crippen LogP contribution is 2.32. The Bertz CT molecular complexity index is 636. The van der Waals surface area contributed by atoms with Crippen LogP contribution in [0.5, 0.6) is 0 Å². The van der Waals surface area contributed by atoms with Crippen LogP contribution < -0.4 is 0 Å². The molecule has 0 fully saturated rings. The Kier molecular flexibility index (Phi) is 4.65. The number of carbonyl (C=O) groups excluding carboxylic acids is 1. The van der Waals surface area contributed by atoms with E-state index in [0.29, 0.717) is 5.56 Å². The van der Waals surface area contributed by atoms with Gasteiger partial charge in [0.1, 0.15) is 5.92 Å². The highest BCUT2D eigenvalue weighted by Gasteiger charge is 2.26. The van der Waals surface area contributed by atoms with E-state index in [1.54, 1.807) is 24.3 Å².